The standard InChI is InChI=1S/C25H33FN2O3/c1-15-8-21(10-22(26)9-15)25(30)27-11-20-12-28(13-20)19(5)23-6-7-24(18(4)17(23)3)31-14-16(2)29/h6-10,16,19-20,29H,11-14H2,1-5H3,(H,27,30)/t16-,19?/m1/s1. The van der Waals surface area contributed by atoms with Crippen molar-refractivity contribution in [3.63, 3.8) is 0 Å². The molecule has 2 atom stereocenters. The number of aliphatic hydroxyl groups is 1. The minimum absolute atomic E-state index is 0.228. The van der Waals surface area contributed by atoms with Crippen molar-refractivity contribution in [1.29, 1.82) is 0 Å². The number of likely N-dealkylation sites (tertiary alicyclic amines) is 1. The molecule has 0 aliphatic carbocycles. The molecule has 31 heavy (non-hydrogen) atoms. The first-order chi connectivity index (χ1) is 14.7. The Kier molecular flexibility index (Phi) is 7.34. The van der Waals surface area contributed by atoms with E-state index in [1.54, 1.807) is 19.9 Å². The number of hydrogen-bond donors (Lipinski definition) is 2. The number of hydrogen-bond acceptors (Lipinski definition) is 4. The molecule has 1 unspecified atom stereocenters. The zero-order valence-electron chi connectivity index (χ0n) is 19.0. The molecule has 1 aliphatic rings. The zero-order chi connectivity index (χ0) is 22.7. The molecule has 2 N–H and O–H groups in total. The molecule has 1 amide bonds. The van der Waals surface area contributed by atoms with Crippen LogP contribution >= 0.6 is 0 Å². The number of amides is 1. The molecule has 6 heteroatoms. The average Bonchev–Trinajstić information content (AvgIpc) is 2.66. The van der Waals surface area contributed by atoms with Gasteiger partial charge >= 0.3 is 0 Å². The first-order valence-corrected chi connectivity index (χ1v) is 10.9. The lowest BCUT2D eigenvalue weighted by Gasteiger charge is -2.44. The first kappa shape index (κ1) is 23.2. The Hall–Kier alpha value is -2.44. The van der Waals surface area contributed by atoms with Crippen LogP contribution in [0.1, 0.15) is 52.5 Å². The summed E-state index contributed by atoms with van der Waals surface area (Å²) in [5.74, 6) is 0.581. The molecule has 0 bridgehead atoms. The van der Waals surface area contributed by atoms with Gasteiger partial charge in [0.25, 0.3) is 5.91 Å². The molecule has 0 radical (unpaired) electrons. The van der Waals surface area contributed by atoms with E-state index in [4.69, 9.17) is 4.74 Å². The van der Waals surface area contributed by atoms with Gasteiger partial charge in [-0.1, -0.05) is 6.07 Å². The number of halogens is 1. The van der Waals surface area contributed by atoms with Gasteiger partial charge in [0, 0.05) is 37.2 Å². The fourth-order valence-electron chi connectivity index (χ4n) is 4.09. The summed E-state index contributed by atoms with van der Waals surface area (Å²) in [6.45, 7) is 12.5. The number of rotatable bonds is 8. The minimum Gasteiger partial charge on any atom is -0.491 e. The van der Waals surface area contributed by atoms with Gasteiger partial charge in [-0.15, -0.1) is 0 Å². The van der Waals surface area contributed by atoms with Crippen molar-refractivity contribution >= 4 is 5.91 Å². The van der Waals surface area contributed by atoms with E-state index >= 15 is 0 Å². The lowest BCUT2D eigenvalue weighted by atomic mass is 9.91. The summed E-state index contributed by atoms with van der Waals surface area (Å²) in [5.41, 5.74) is 4.67. The molecule has 168 valence electrons. The molecule has 1 aliphatic heterocycles. The van der Waals surface area contributed by atoms with Gasteiger partial charge in [-0.25, -0.2) is 4.39 Å². The van der Waals surface area contributed by atoms with Crippen LogP contribution in [0.4, 0.5) is 4.39 Å². The summed E-state index contributed by atoms with van der Waals surface area (Å²) in [5, 5.41) is 12.4. The number of nitrogens with zero attached hydrogens (tertiary/aromatic N) is 1. The van der Waals surface area contributed by atoms with E-state index in [1.165, 1.54) is 23.3 Å². The Morgan fingerprint density at radius 2 is 1.90 bits per heavy atom. The highest BCUT2D eigenvalue weighted by atomic mass is 19.1. The van der Waals surface area contributed by atoms with E-state index in [0.717, 1.165) is 30.0 Å². The van der Waals surface area contributed by atoms with Gasteiger partial charge in [-0.05, 0) is 81.1 Å². The molecule has 0 saturated carbocycles. The van der Waals surface area contributed by atoms with Crippen molar-refractivity contribution in [2.24, 2.45) is 5.92 Å². The van der Waals surface area contributed by atoms with E-state index in [0.29, 0.717) is 18.0 Å². The summed E-state index contributed by atoms with van der Waals surface area (Å²) in [6, 6.07) is 8.74. The maximum absolute atomic E-state index is 13.5. The summed E-state index contributed by atoms with van der Waals surface area (Å²) >= 11 is 0. The molecule has 0 aromatic heterocycles. The Morgan fingerprint density at radius 3 is 2.55 bits per heavy atom. The molecule has 1 fully saturated rings. The molecule has 0 spiro atoms. The second-order valence-corrected chi connectivity index (χ2v) is 8.79. The summed E-state index contributed by atoms with van der Waals surface area (Å²) < 4.78 is 19.2. The average molecular weight is 429 g/mol. The first-order valence-electron chi connectivity index (χ1n) is 10.9. The van der Waals surface area contributed by atoms with Crippen molar-refractivity contribution in [1.82, 2.24) is 10.2 Å². The highest BCUT2D eigenvalue weighted by Gasteiger charge is 2.32. The predicted octanol–water partition coefficient (Wildman–Crippen LogP) is 3.93. The molecule has 5 nitrogen and oxygen atoms in total. The van der Waals surface area contributed by atoms with Gasteiger partial charge in [0.05, 0.1) is 6.10 Å². The molecular formula is C25H33FN2O3. The molecule has 3 rings (SSSR count). The predicted molar refractivity (Wildman–Crippen MR) is 120 cm³/mol. The zero-order valence-corrected chi connectivity index (χ0v) is 19.0. The second kappa shape index (κ2) is 9.79. The Labute approximate surface area is 184 Å². The molecule has 1 saturated heterocycles. The maximum atomic E-state index is 13.5. The van der Waals surface area contributed by atoms with E-state index in [2.05, 4.69) is 30.1 Å². The summed E-state index contributed by atoms with van der Waals surface area (Å²) in [4.78, 5) is 14.7. The van der Waals surface area contributed by atoms with E-state index in [1.807, 2.05) is 13.0 Å². The van der Waals surface area contributed by atoms with Crippen LogP contribution in [0.3, 0.4) is 0 Å². The number of carbonyl (C=O) groups is 1. The van der Waals surface area contributed by atoms with Crippen LogP contribution in [0, 0.1) is 32.5 Å². The van der Waals surface area contributed by atoms with Crippen LogP contribution in [-0.2, 0) is 0 Å². The van der Waals surface area contributed by atoms with E-state index in [9.17, 15) is 14.3 Å². The monoisotopic (exact) mass is 428 g/mol. The Balaban J connectivity index is 1.52. The Bertz CT molecular complexity index is 918. The van der Waals surface area contributed by atoms with Crippen molar-refractivity contribution in [3.8, 4) is 5.75 Å². The quantitative estimate of drug-likeness (QED) is 0.669. The van der Waals surface area contributed by atoms with E-state index < -0.39 is 6.10 Å². The van der Waals surface area contributed by atoms with Gasteiger partial charge in [0.2, 0.25) is 0 Å². The van der Waals surface area contributed by atoms with Gasteiger partial charge in [-0.3, -0.25) is 9.69 Å². The third-order valence-electron chi connectivity index (χ3n) is 6.10. The van der Waals surface area contributed by atoms with Crippen LogP contribution in [0.25, 0.3) is 0 Å². The Morgan fingerprint density at radius 1 is 1.19 bits per heavy atom. The van der Waals surface area contributed by atoms with Gasteiger partial charge in [0.15, 0.2) is 0 Å². The molecule has 1 heterocycles. The highest BCUT2D eigenvalue weighted by molar-refractivity contribution is 5.94. The van der Waals surface area contributed by atoms with Crippen molar-refractivity contribution < 1.29 is 19.0 Å². The number of aliphatic hydroxyl groups excluding tert-OH is 1. The molecule has 2 aromatic carbocycles. The second-order valence-electron chi connectivity index (χ2n) is 8.79. The SMILES string of the molecule is Cc1cc(F)cc(C(=O)NCC2CN(C(C)c3ccc(OC[C@@H](C)O)c(C)c3C)C2)c1. The fraction of sp³-hybridized carbons (Fsp3) is 0.480. The number of ether oxygens (including phenoxy) is 1. The molecular weight excluding hydrogens is 395 g/mol. The van der Waals surface area contributed by atoms with Crippen molar-refractivity contribution in [2.45, 2.75) is 46.8 Å². The fourth-order valence-corrected chi connectivity index (χ4v) is 4.09. The lowest BCUT2D eigenvalue weighted by Crippen LogP contribution is -2.52. The van der Waals surface area contributed by atoms with Gasteiger partial charge in [0.1, 0.15) is 18.2 Å². The third-order valence-corrected chi connectivity index (χ3v) is 6.10. The third kappa shape index (κ3) is 5.63. The van der Waals surface area contributed by atoms with Crippen molar-refractivity contribution in [2.75, 3.05) is 26.2 Å². The number of nitrogens with one attached hydrogen (secondary N) is 1. The van der Waals surface area contributed by atoms with Crippen LogP contribution in [0.5, 0.6) is 5.75 Å². The van der Waals surface area contributed by atoms with Crippen molar-refractivity contribution in [3.05, 3.63) is 64.0 Å². The van der Waals surface area contributed by atoms with Gasteiger partial charge < -0.3 is 15.2 Å². The lowest BCUT2D eigenvalue weighted by molar-refractivity contribution is 0.0569. The summed E-state index contributed by atoms with van der Waals surface area (Å²) in [6.07, 6.45) is -0.498. The van der Waals surface area contributed by atoms with Gasteiger partial charge in [-0.2, -0.15) is 0 Å². The summed E-state index contributed by atoms with van der Waals surface area (Å²) in [7, 11) is 0. The van der Waals surface area contributed by atoms with Crippen LogP contribution < -0.4 is 10.1 Å². The smallest absolute Gasteiger partial charge is 0.251 e. The van der Waals surface area contributed by atoms with Crippen LogP contribution in [0.15, 0.2) is 30.3 Å². The normalized spacial score (nSPS) is 16.5. The minimum atomic E-state index is -0.498. The van der Waals surface area contributed by atoms with E-state index in [-0.39, 0.29) is 24.4 Å². The number of benzene rings is 2. The topological polar surface area (TPSA) is 61.8 Å². The number of carbonyl (C=O) groups excluding carboxylic acids is 1. The van der Waals surface area contributed by atoms with Crippen LogP contribution in [-0.4, -0.2) is 48.3 Å². The largest absolute Gasteiger partial charge is 0.491 e. The highest BCUT2D eigenvalue weighted by Crippen LogP contribution is 2.34. The molecule has 2 aromatic rings. The van der Waals surface area contributed by atoms with Crippen LogP contribution in [0.2, 0.25) is 0 Å². The maximum Gasteiger partial charge on any atom is 0.251 e. The number of aryl methyl sites for hydroxylation is 1.